The van der Waals surface area contributed by atoms with Crippen molar-refractivity contribution < 1.29 is 9.90 Å². The van der Waals surface area contributed by atoms with Gasteiger partial charge in [0.05, 0.1) is 10.2 Å². The number of anilines is 1. The summed E-state index contributed by atoms with van der Waals surface area (Å²) in [7, 11) is 0. The molecule has 1 aromatic rings. The molecule has 0 spiro atoms. The van der Waals surface area contributed by atoms with E-state index in [0.717, 1.165) is 19.3 Å². The number of amides is 1. The lowest BCUT2D eigenvalue weighted by Gasteiger charge is -2.13. The fourth-order valence-electron chi connectivity index (χ4n) is 1.95. The highest BCUT2D eigenvalue weighted by Gasteiger charge is 2.11. The fourth-order valence-corrected chi connectivity index (χ4v) is 2.32. The fraction of sp³-hybridized carbons (Fsp3) is 0.500. The molecule has 0 saturated carbocycles. The third kappa shape index (κ3) is 5.20. The van der Waals surface area contributed by atoms with E-state index in [4.69, 9.17) is 5.73 Å². The molecule has 0 aliphatic heterocycles. The second-order valence-electron chi connectivity index (χ2n) is 4.57. The average molecular weight is 329 g/mol. The molecule has 1 aromatic carbocycles. The summed E-state index contributed by atoms with van der Waals surface area (Å²) < 4.78 is 0.569. The minimum absolute atomic E-state index is 0.0600. The number of para-hydroxylation sites is 1. The number of benzene rings is 1. The van der Waals surface area contributed by atoms with E-state index in [0.29, 0.717) is 29.0 Å². The first-order valence-electron chi connectivity index (χ1n) is 6.55. The second-order valence-corrected chi connectivity index (χ2v) is 5.43. The SMILES string of the molecule is CCC(CCN)CCC(=O)Nc1cccc(Br)c1O. The molecule has 4 nitrogen and oxygen atoms in total. The van der Waals surface area contributed by atoms with Gasteiger partial charge < -0.3 is 16.2 Å². The van der Waals surface area contributed by atoms with Crippen molar-refractivity contribution in [2.45, 2.75) is 32.6 Å². The van der Waals surface area contributed by atoms with Gasteiger partial charge in [-0.15, -0.1) is 0 Å². The third-order valence-electron chi connectivity index (χ3n) is 3.19. The summed E-state index contributed by atoms with van der Waals surface area (Å²) in [6, 6.07) is 5.16. The molecule has 4 N–H and O–H groups in total. The van der Waals surface area contributed by atoms with Gasteiger partial charge in [-0.05, 0) is 53.4 Å². The summed E-state index contributed by atoms with van der Waals surface area (Å²) in [6.07, 6.45) is 3.26. The molecule has 0 bridgehead atoms. The Kier molecular flexibility index (Phi) is 6.87. The van der Waals surface area contributed by atoms with Crippen molar-refractivity contribution in [3.63, 3.8) is 0 Å². The van der Waals surface area contributed by atoms with Crippen LogP contribution in [0, 0.1) is 5.92 Å². The van der Waals surface area contributed by atoms with Crippen LogP contribution < -0.4 is 11.1 Å². The molecule has 5 heteroatoms. The average Bonchev–Trinajstić information content (AvgIpc) is 2.40. The minimum atomic E-state index is -0.0797. The number of nitrogens with two attached hydrogens (primary N) is 1. The molecule has 0 saturated heterocycles. The minimum Gasteiger partial charge on any atom is -0.505 e. The lowest BCUT2D eigenvalue weighted by molar-refractivity contribution is -0.116. The van der Waals surface area contributed by atoms with Gasteiger partial charge in [-0.25, -0.2) is 0 Å². The van der Waals surface area contributed by atoms with E-state index >= 15 is 0 Å². The predicted octanol–water partition coefficient (Wildman–Crippen LogP) is 3.25. The molecule has 1 atom stereocenters. The Labute approximate surface area is 122 Å². The van der Waals surface area contributed by atoms with Crippen molar-refractivity contribution in [1.82, 2.24) is 0 Å². The summed E-state index contributed by atoms with van der Waals surface area (Å²) in [5, 5.41) is 12.5. The third-order valence-corrected chi connectivity index (χ3v) is 3.83. The summed E-state index contributed by atoms with van der Waals surface area (Å²) in [5.74, 6) is 0.473. The van der Waals surface area contributed by atoms with Crippen molar-refractivity contribution in [2.75, 3.05) is 11.9 Å². The van der Waals surface area contributed by atoms with Gasteiger partial charge in [-0.1, -0.05) is 19.4 Å². The van der Waals surface area contributed by atoms with Crippen LogP contribution in [0.1, 0.15) is 32.6 Å². The molecule has 106 valence electrons. The number of halogens is 1. The van der Waals surface area contributed by atoms with E-state index in [1.54, 1.807) is 18.2 Å². The summed E-state index contributed by atoms with van der Waals surface area (Å²) in [4.78, 5) is 11.8. The van der Waals surface area contributed by atoms with Gasteiger partial charge in [-0.2, -0.15) is 0 Å². The lowest BCUT2D eigenvalue weighted by atomic mass is 9.96. The molecule has 0 fully saturated rings. The van der Waals surface area contributed by atoms with E-state index < -0.39 is 0 Å². The maximum Gasteiger partial charge on any atom is 0.224 e. The summed E-state index contributed by atoms with van der Waals surface area (Å²) >= 11 is 3.21. The zero-order valence-electron chi connectivity index (χ0n) is 11.2. The van der Waals surface area contributed by atoms with Crippen LogP contribution in [0.5, 0.6) is 5.75 Å². The molecule has 19 heavy (non-hydrogen) atoms. The lowest BCUT2D eigenvalue weighted by Crippen LogP contribution is -2.15. The van der Waals surface area contributed by atoms with Gasteiger partial charge in [0.15, 0.2) is 5.75 Å². The number of phenols is 1. The normalized spacial score (nSPS) is 12.2. The van der Waals surface area contributed by atoms with Crippen LogP contribution in [0.2, 0.25) is 0 Å². The quantitative estimate of drug-likeness (QED) is 0.672. The van der Waals surface area contributed by atoms with Crippen LogP contribution in [0.4, 0.5) is 5.69 Å². The van der Waals surface area contributed by atoms with Gasteiger partial charge in [0, 0.05) is 6.42 Å². The van der Waals surface area contributed by atoms with Gasteiger partial charge in [-0.3, -0.25) is 4.79 Å². The first-order chi connectivity index (χ1) is 9.08. The highest BCUT2D eigenvalue weighted by Crippen LogP contribution is 2.31. The molecule has 0 heterocycles. The molecule has 0 aromatic heterocycles. The molecule has 0 aliphatic rings. The van der Waals surface area contributed by atoms with E-state index in [-0.39, 0.29) is 11.7 Å². The van der Waals surface area contributed by atoms with Crippen LogP contribution >= 0.6 is 15.9 Å². The number of aromatic hydroxyl groups is 1. The zero-order valence-corrected chi connectivity index (χ0v) is 12.7. The van der Waals surface area contributed by atoms with Crippen molar-refractivity contribution >= 4 is 27.5 Å². The van der Waals surface area contributed by atoms with E-state index in [2.05, 4.69) is 28.2 Å². The van der Waals surface area contributed by atoms with Crippen LogP contribution in [0.25, 0.3) is 0 Å². The molecular formula is C14H21BrN2O2. The molecule has 1 unspecified atom stereocenters. The first-order valence-corrected chi connectivity index (χ1v) is 7.35. The molecule has 0 radical (unpaired) electrons. The monoisotopic (exact) mass is 328 g/mol. The van der Waals surface area contributed by atoms with Gasteiger partial charge >= 0.3 is 0 Å². The van der Waals surface area contributed by atoms with Gasteiger partial charge in [0.25, 0.3) is 0 Å². The van der Waals surface area contributed by atoms with E-state index in [1.807, 2.05) is 0 Å². The van der Waals surface area contributed by atoms with Gasteiger partial charge in [0.1, 0.15) is 0 Å². The van der Waals surface area contributed by atoms with E-state index in [1.165, 1.54) is 0 Å². The predicted molar refractivity (Wildman–Crippen MR) is 81.1 cm³/mol. The van der Waals surface area contributed by atoms with Crippen molar-refractivity contribution in [1.29, 1.82) is 0 Å². The van der Waals surface area contributed by atoms with E-state index in [9.17, 15) is 9.90 Å². The molecule has 1 amide bonds. The molecular weight excluding hydrogens is 308 g/mol. The maximum absolute atomic E-state index is 11.8. The van der Waals surface area contributed by atoms with Crippen LogP contribution in [0.15, 0.2) is 22.7 Å². The highest BCUT2D eigenvalue weighted by atomic mass is 79.9. The standard InChI is InChI=1S/C14H21BrN2O2/c1-2-10(8-9-16)6-7-13(18)17-12-5-3-4-11(15)14(12)19/h3-5,10,19H,2,6-9,16H2,1H3,(H,17,18). The number of hydrogen-bond donors (Lipinski definition) is 3. The number of carbonyl (C=O) groups is 1. The number of nitrogens with one attached hydrogen (secondary N) is 1. The largest absolute Gasteiger partial charge is 0.505 e. The maximum atomic E-state index is 11.8. The van der Waals surface area contributed by atoms with Crippen LogP contribution in [-0.2, 0) is 4.79 Å². The Morgan fingerprint density at radius 1 is 1.47 bits per heavy atom. The zero-order chi connectivity index (χ0) is 14.3. The smallest absolute Gasteiger partial charge is 0.224 e. The summed E-state index contributed by atoms with van der Waals surface area (Å²) in [6.45, 7) is 2.77. The number of hydrogen-bond acceptors (Lipinski definition) is 3. The highest BCUT2D eigenvalue weighted by molar-refractivity contribution is 9.10. The van der Waals surface area contributed by atoms with Gasteiger partial charge in [0.2, 0.25) is 5.91 Å². The second kappa shape index (κ2) is 8.17. The number of carbonyl (C=O) groups excluding carboxylic acids is 1. The Morgan fingerprint density at radius 3 is 2.84 bits per heavy atom. The molecule has 1 rings (SSSR count). The Morgan fingerprint density at radius 2 is 2.21 bits per heavy atom. The number of phenolic OH excluding ortho intramolecular Hbond substituents is 1. The van der Waals surface area contributed by atoms with Crippen LogP contribution in [-0.4, -0.2) is 17.6 Å². The van der Waals surface area contributed by atoms with Crippen molar-refractivity contribution in [3.05, 3.63) is 22.7 Å². The topological polar surface area (TPSA) is 75.4 Å². The number of rotatable bonds is 7. The Bertz CT molecular complexity index is 424. The first kappa shape index (κ1) is 16.0. The summed E-state index contributed by atoms with van der Waals surface area (Å²) in [5.41, 5.74) is 5.97. The van der Waals surface area contributed by atoms with Crippen molar-refractivity contribution in [3.8, 4) is 5.75 Å². The Hall–Kier alpha value is -1.07. The van der Waals surface area contributed by atoms with Crippen molar-refractivity contribution in [2.24, 2.45) is 11.7 Å². The Balaban J connectivity index is 2.49. The van der Waals surface area contributed by atoms with Crippen LogP contribution in [0.3, 0.4) is 0 Å². The molecule has 0 aliphatic carbocycles.